The van der Waals surface area contributed by atoms with Gasteiger partial charge in [0.2, 0.25) is 0 Å². The first-order valence-electron chi connectivity index (χ1n) is 12.5. The molecule has 11 heteroatoms. The first-order valence-corrected chi connectivity index (χ1v) is 13.9. The Morgan fingerprint density at radius 1 is 1.11 bits per heavy atom. The summed E-state index contributed by atoms with van der Waals surface area (Å²) in [5.74, 6) is -1.10. The van der Waals surface area contributed by atoms with Crippen molar-refractivity contribution >= 4 is 27.6 Å². The Balaban J connectivity index is 1.64. The van der Waals surface area contributed by atoms with Crippen LogP contribution in [0.5, 0.6) is 0 Å². The number of hydrogen-bond donors (Lipinski definition) is 0. The van der Waals surface area contributed by atoms with Crippen LogP contribution >= 0.6 is 0 Å². The highest BCUT2D eigenvalue weighted by Gasteiger charge is 2.32. The number of amides is 1. The minimum absolute atomic E-state index is 0.0152. The van der Waals surface area contributed by atoms with Crippen molar-refractivity contribution in [3.8, 4) is 5.69 Å². The Bertz CT molecular complexity index is 1510. The van der Waals surface area contributed by atoms with Gasteiger partial charge in [-0.2, -0.15) is 0 Å². The van der Waals surface area contributed by atoms with Gasteiger partial charge in [0.05, 0.1) is 28.8 Å². The third-order valence-electron chi connectivity index (χ3n) is 6.91. The van der Waals surface area contributed by atoms with Crippen LogP contribution in [0.1, 0.15) is 35.8 Å². The van der Waals surface area contributed by atoms with Crippen LogP contribution in [0, 0.1) is 12.8 Å². The number of hydrogen-bond acceptors (Lipinski definition) is 6. The highest BCUT2D eigenvalue weighted by Crippen LogP contribution is 2.26. The second-order valence-electron chi connectivity index (χ2n) is 9.25. The number of piperidine rings is 1. The molecule has 3 aromatic rings. The van der Waals surface area contributed by atoms with Crippen molar-refractivity contribution in [1.29, 1.82) is 0 Å². The van der Waals surface area contributed by atoms with Crippen molar-refractivity contribution in [3.63, 3.8) is 0 Å². The highest BCUT2D eigenvalue weighted by molar-refractivity contribution is 7.92. The standard InChI is InChI=1S/C27H32N4O6S/c1-5-37-27(34)21-12-10-16-30(18-21)25(32)20-11-9-15-23(17-20)38(35,36)29(4)24-19(2)28(3)31(26(24)33)22-13-7-6-8-14-22/h6-9,11,13-15,17,21H,5,10,12,16,18H2,1-4H3/t21-/m0/s1. The molecule has 1 fully saturated rings. The second kappa shape index (κ2) is 10.9. The minimum atomic E-state index is -4.18. The summed E-state index contributed by atoms with van der Waals surface area (Å²) in [5.41, 5.74) is 0.801. The molecule has 0 aliphatic carbocycles. The summed E-state index contributed by atoms with van der Waals surface area (Å²) in [6.45, 7) is 4.37. The average molecular weight is 541 g/mol. The maximum Gasteiger partial charge on any atom is 0.310 e. The van der Waals surface area contributed by atoms with E-state index in [1.807, 2.05) is 6.07 Å². The molecule has 0 N–H and O–H groups in total. The molecule has 38 heavy (non-hydrogen) atoms. The largest absolute Gasteiger partial charge is 0.466 e. The molecule has 2 heterocycles. The van der Waals surface area contributed by atoms with Crippen LogP contribution in [0.3, 0.4) is 0 Å². The maximum atomic E-state index is 13.6. The van der Waals surface area contributed by atoms with E-state index in [1.165, 1.54) is 29.9 Å². The number of likely N-dealkylation sites (tertiary alicyclic amines) is 1. The quantitative estimate of drug-likeness (QED) is 0.426. The molecule has 202 valence electrons. The lowest BCUT2D eigenvalue weighted by molar-refractivity contribution is -0.149. The molecule has 1 saturated heterocycles. The van der Waals surface area contributed by atoms with Crippen LogP contribution < -0.4 is 9.86 Å². The number of nitrogens with zero attached hydrogens (tertiary/aromatic N) is 4. The predicted octanol–water partition coefficient (Wildman–Crippen LogP) is 2.72. The number of sulfonamides is 1. The first-order chi connectivity index (χ1) is 18.1. The molecular weight excluding hydrogens is 508 g/mol. The third kappa shape index (κ3) is 4.98. The summed E-state index contributed by atoms with van der Waals surface area (Å²) in [6.07, 6.45) is 1.29. The van der Waals surface area contributed by atoms with Crippen molar-refractivity contribution in [3.05, 3.63) is 76.2 Å². The van der Waals surface area contributed by atoms with Gasteiger partial charge in [-0.05, 0) is 57.0 Å². The number of anilines is 1. The van der Waals surface area contributed by atoms with Crippen LogP contribution in [0.15, 0.2) is 64.3 Å². The fourth-order valence-corrected chi connectivity index (χ4v) is 6.07. The van der Waals surface area contributed by atoms with E-state index < -0.39 is 21.5 Å². The van der Waals surface area contributed by atoms with Gasteiger partial charge in [0, 0.05) is 32.7 Å². The van der Waals surface area contributed by atoms with Crippen LogP contribution in [0.2, 0.25) is 0 Å². The molecule has 2 aromatic carbocycles. The van der Waals surface area contributed by atoms with Gasteiger partial charge in [-0.3, -0.25) is 23.4 Å². The zero-order valence-corrected chi connectivity index (χ0v) is 22.8. The third-order valence-corrected chi connectivity index (χ3v) is 8.66. The summed E-state index contributed by atoms with van der Waals surface area (Å²) >= 11 is 0. The number of ether oxygens (including phenoxy) is 1. The number of para-hydroxylation sites is 1. The number of rotatable bonds is 7. The normalized spacial score (nSPS) is 15.8. The average Bonchev–Trinajstić information content (AvgIpc) is 3.15. The molecule has 0 radical (unpaired) electrons. The minimum Gasteiger partial charge on any atom is -0.466 e. The van der Waals surface area contributed by atoms with Crippen molar-refractivity contribution in [2.24, 2.45) is 13.0 Å². The summed E-state index contributed by atoms with van der Waals surface area (Å²) in [6, 6.07) is 14.7. The van der Waals surface area contributed by atoms with E-state index in [4.69, 9.17) is 4.74 Å². The Morgan fingerprint density at radius 2 is 1.82 bits per heavy atom. The number of esters is 1. The van der Waals surface area contributed by atoms with Crippen LogP contribution in [0.4, 0.5) is 5.69 Å². The van der Waals surface area contributed by atoms with Crippen LogP contribution in [-0.4, -0.2) is 61.3 Å². The fraction of sp³-hybridized carbons (Fsp3) is 0.370. The number of aromatic nitrogens is 2. The Hall–Kier alpha value is -3.86. The lowest BCUT2D eigenvalue weighted by atomic mass is 9.97. The van der Waals surface area contributed by atoms with Gasteiger partial charge in [0.1, 0.15) is 5.69 Å². The van der Waals surface area contributed by atoms with E-state index in [0.717, 1.165) is 4.31 Å². The smallest absolute Gasteiger partial charge is 0.310 e. The van der Waals surface area contributed by atoms with Gasteiger partial charge in [-0.1, -0.05) is 24.3 Å². The Kier molecular flexibility index (Phi) is 7.77. The monoisotopic (exact) mass is 540 g/mol. The van der Waals surface area contributed by atoms with E-state index in [-0.39, 0.29) is 41.2 Å². The van der Waals surface area contributed by atoms with Gasteiger partial charge in [0.15, 0.2) is 0 Å². The van der Waals surface area contributed by atoms with E-state index in [1.54, 1.807) is 60.8 Å². The number of carbonyl (C=O) groups excluding carboxylic acids is 2. The van der Waals surface area contributed by atoms with Gasteiger partial charge in [0.25, 0.3) is 21.5 Å². The number of carbonyl (C=O) groups is 2. The molecule has 1 aliphatic heterocycles. The SMILES string of the molecule is CCOC(=O)[C@H]1CCCN(C(=O)c2cccc(S(=O)(=O)N(C)c3c(C)n(C)n(-c4ccccc4)c3=O)c2)C1. The highest BCUT2D eigenvalue weighted by atomic mass is 32.2. The summed E-state index contributed by atoms with van der Waals surface area (Å²) in [5, 5.41) is 0. The van der Waals surface area contributed by atoms with Crippen molar-refractivity contribution in [2.75, 3.05) is 31.0 Å². The molecular formula is C27H32N4O6S. The number of benzene rings is 2. The molecule has 1 aromatic heterocycles. The Labute approximate surface area is 222 Å². The van der Waals surface area contributed by atoms with Crippen molar-refractivity contribution in [2.45, 2.75) is 31.6 Å². The lowest BCUT2D eigenvalue weighted by Gasteiger charge is -2.31. The summed E-state index contributed by atoms with van der Waals surface area (Å²) < 4.78 is 36.4. The molecule has 0 saturated carbocycles. The second-order valence-corrected chi connectivity index (χ2v) is 11.2. The molecule has 4 rings (SSSR count). The molecule has 0 unspecified atom stereocenters. The maximum absolute atomic E-state index is 13.6. The van der Waals surface area contributed by atoms with Crippen molar-refractivity contribution in [1.82, 2.24) is 14.3 Å². The zero-order chi connectivity index (χ0) is 27.6. The molecule has 10 nitrogen and oxygen atoms in total. The van der Waals surface area contributed by atoms with Gasteiger partial charge < -0.3 is 9.64 Å². The lowest BCUT2D eigenvalue weighted by Crippen LogP contribution is -2.42. The molecule has 0 bridgehead atoms. The van der Waals surface area contributed by atoms with E-state index in [2.05, 4.69) is 0 Å². The van der Waals surface area contributed by atoms with Gasteiger partial charge >= 0.3 is 5.97 Å². The topological polar surface area (TPSA) is 111 Å². The van der Waals surface area contributed by atoms with Crippen molar-refractivity contribution < 1.29 is 22.7 Å². The molecule has 1 aliphatic rings. The molecule has 1 atom stereocenters. The summed E-state index contributed by atoms with van der Waals surface area (Å²) in [4.78, 5) is 40.3. The fourth-order valence-electron chi connectivity index (χ4n) is 4.78. The predicted molar refractivity (Wildman–Crippen MR) is 143 cm³/mol. The first kappa shape index (κ1) is 27.2. The Morgan fingerprint density at radius 3 is 2.50 bits per heavy atom. The van der Waals surface area contributed by atoms with Crippen LogP contribution in [-0.2, 0) is 26.6 Å². The zero-order valence-electron chi connectivity index (χ0n) is 22.0. The van der Waals surface area contributed by atoms with E-state index in [9.17, 15) is 22.8 Å². The summed E-state index contributed by atoms with van der Waals surface area (Å²) in [7, 11) is -1.16. The van der Waals surface area contributed by atoms with E-state index >= 15 is 0 Å². The van der Waals surface area contributed by atoms with E-state index in [0.29, 0.717) is 30.8 Å². The van der Waals surface area contributed by atoms with Gasteiger partial charge in [-0.15, -0.1) is 0 Å². The molecule has 1 amide bonds. The van der Waals surface area contributed by atoms with Crippen LogP contribution in [0.25, 0.3) is 5.69 Å². The van der Waals surface area contributed by atoms with Gasteiger partial charge in [-0.25, -0.2) is 13.1 Å². The molecule has 0 spiro atoms.